The first kappa shape index (κ1) is 32.1. The molecule has 1 aliphatic rings. The number of benzene rings is 2. The number of allylic oxidation sites excluding steroid dienone is 4. The second kappa shape index (κ2) is 18.5. The molecule has 0 aliphatic heterocycles. The van der Waals surface area contributed by atoms with Gasteiger partial charge < -0.3 is 0 Å². The predicted octanol–water partition coefficient (Wildman–Crippen LogP) is 11.2. The molecule has 0 saturated heterocycles. The molecule has 34 heavy (non-hydrogen) atoms. The first-order chi connectivity index (χ1) is 16.4. The molecule has 1 unspecified atom stereocenters. The molecule has 2 aromatic carbocycles. The minimum absolute atomic E-state index is 0.836. The number of hydrogen-bond acceptors (Lipinski definition) is 1. The van der Waals surface area contributed by atoms with Gasteiger partial charge in [-0.05, 0) is 77.4 Å². The highest BCUT2D eigenvalue weighted by molar-refractivity contribution is 6.31. The fourth-order valence-corrected chi connectivity index (χ4v) is 3.96. The van der Waals surface area contributed by atoms with Gasteiger partial charge in [-0.3, -0.25) is 4.99 Å². The largest absolute Gasteiger partial charge is 0.289 e. The zero-order chi connectivity index (χ0) is 26.1. The average molecular weight is 484 g/mol. The van der Waals surface area contributed by atoms with Crippen LogP contribution in [0.25, 0.3) is 16.3 Å². The summed E-state index contributed by atoms with van der Waals surface area (Å²) in [7, 11) is 0. The van der Waals surface area contributed by atoms with E-state index in [0.717, 1.165) is 36.0 Å². The van der Waals surface area contributed by atoms with Gasteiger partial charge in [0.1, 0.15) is 0 Å². The maximum Gasteiger partial charge on any atom is 0.0392 e. The molecule has 0 fully saturated rings. The Balaban J connectivity index is 0.000000844. The number of rotatable bonds is 7. The van der Waals surface area contributed by atoms with Crippen LogP contribution in [-0.2, 0) is 0 Å². The first-order valence-electron chi connectivity index (χ1n) is 13.5. The molecule has 3 rings (SSSR count). The van der Waals surface area contributed by atoms with Crippen LogP contribution in [0.2, 0.25) is 0 Å². The summed E-state index contributed by atoms with van der Waals surface area (Å²) in [5, 5.41) is 3.45. The van der Waals surface area contributed by atoms with Crippen molar-refractivity contribution in [1.82, 2.24) is 0 Å². The molecule has 0 bridgehead atoms. The summed E-state index contributed by atoms with van der Waals surface area (Å²) in [5.41, 5.74) is 6.20. The van der Waals surface area contributed by atoms with Crippen molar-refractivity contribution < 1.29 is 0 Å². The highest BCUT2D eigenvalue weighted by atomic mass is 35.5. The zero-order valence-electron chi connectivity index (χ0n) is 23.7. The predicted molar refractivity (Wildman–Crippen MR) is 160 cm³/mol. The van der Waals surface area contributed by atoms with E-state index in [1.54, 1.807) is 0 Å². The summed E-state index contributed by atoms with van der Waals surface area (Å²) in [4.78, 5) is 4.67. The van der Waals surface area contributed by atoms with Gasteiger partial charge in [0.2, 0.25) is 0 Å². The van der Waals surface area contributed by atoms with Crippen molar-refractivity contribution in [3.05, 3.63) is 64.2 Å². The summed E-state index contributed by atoms with van der Waals surface area (Å²) in [6.45, 7) is 22.1. The van der Waals surface area contributed by atoms with Crippen molar-refractivity contribution in [3.63, 3.8) is 0 Å². The Morgan fingerprint density at radius 3 is 2.12 bits per heavy atom. The lowest BCUT2D eigenvalue weighted by Gasteiger charge is -2.10. The third-order valence-corrected chi connectivity index (χ3v) is 6.08. The number of halogens is 1. The van der Waals surface area contributed by atoms with Crippen molar-refractivity contribution in [3.8, 4) is 0 Å². The third-order valence-electron chi connectivity index (χ3n) is 5.82. The molecule has 0 saturated carbocycles. The van der Waals surface area contributed by atoms with Crippen LogP contribution < -0.4 is 0 Å². The maximum absolute atomic E-state index is 6.10. The second-order valence-corrected chi connectivity index (χ2v) is 8.97. The molecule has 190 valence electrons. The molecular formula is C32H50ClN. The van der Waals surface area contributed by atoms with Crippen LogP contribution in [0, 0.1) is 12.8 Å². The van der Waals surface area contributed by atoms with Crippen molar-refractivity contribution in [2.45, 2.75) is 101 Å². The number of fused-ring (bicyclic) bond motifs is 1. The second-order valence-electron chi connectivity index (χ2n) is 8.48. The van der Waals surface area contributed by atoms with Gasteiger partial charge in [-0.15, -0.1) is 0 Å². The number of aryl methyl sites for hydroxylation is 1. The van der Waals surface area contributed by atoms with Gasteiger partial charge in [0.15, 0.2) is 0 Å². The standard InChI is InChI=1S/C21H22ClN.C7H16.2C2H6/c1-4-9-23-15(3)21-13-19-11-17(18-7-8-20(22)12-18)6-5-16(19)10-14(21)2;1-4-6-7(3)5-2;2*1-2/h5-8,10-11,13H,4,9,12H2,1-3H3;7H,4-6H2,1-3H3;2*1-2H3. The zero-order valence-corrected chi connectivity index (χ0v) is 24.4. The lowest BCUT2D eigenvalue weighted by atomic mass is 9.95. The number of hydrogen-bond donors (Lipinski definition) is 0. The molecule has 2 heteroatoms. The molecule has 0 heterocycles. The van der Waals surface area contributed by atoms with Crippen molar-refractivity contribution in [1.29, 1.82) is 0 Å². The monoisotopic (exact) mass is 483 g/mol. The molecular weight excluding hydrogens is 434 g/mol. The fourth-order valence-electron chi connectivity index (χ4n) is 3.75. The van der Waals surface area contributed by atoms with E-state index in [1.807, 2.05) is 33.8 Å². The van der Waals surface area contributed by atoms with Gasteiger partial charge in [-0.25, -0.2) is 0 Å². The van der Waals surface area contributed by atoms with Gasteiger partial charge in [0.05, 0.1) is 0 Å². The molecule has 2 aromatic rings. The minimum atomic E-state index is 0.836. The van der Waals surface area contributed by atoms with E-state index in [0.29, 0.717) is 0 Å². The molecule has 1 nitrogen and oxygen atoms in total. The first-order valence-corrected chi connectivity index (χ1v) is 13.9. The highest BCUT2D eigenvalue weighted by Gasteiger charge is 2.10. The Hall–Kier alpha value is -1.86. The molecule has 0 amide bonds. The van der Waals surface area contributed by atoms with Crippen molar-refractivity contribution in [2.75, 3.05) is 6.54 Å². The lowest BCUT2D eigenvalue weighted by molar-refractivity contribution is 0.509. The van der Waals surface area contributed by atoms with Gasteiger partial charge in [-0.1, -0.05) is 111 Å². The van der Waals surface area contributed by atoms with Crippen LogP contribution >= 0.6 is 11.6 Å². The topological polar surface area (TPSA) is 12.4 Å². The Kier molecular flexibility index (Phi) is 17.5. The summed E-state index contributed by atoms with van der Waals surface area (Å²) >= 11 is 6.10. The summed E-state index contributed by atoms with van der Waals surface area (Å²) in [6.07, 6.45) is 10.1. The van der Waals surface area contributed by atoms with Crippen molar-refractivity contribution >= 4 is 33.7 Å². The third kappa shape index (κ3) is 10.6. The molecule has 0 spiro atoms. The van der Waals surface area contributed by atoms with Crippen LogP contribution in [0.15, 0.2) is 52.5 Å². The lowest BCUT2D eigenvalue weighted by Crippen LogP contribution is -2.00. The average Bonchev–Trinajstić information content (AvgIpc) is 3.31. The summed E-state index contributed by atoms with van der Waals surface area (Å²) in [6, 6.07) is 11.2. The van der Waals surface area contributed by atoms with E-state index in [-0.39, 0.29) is 0 Å². The van der Waals surface area contributed by atoms with Crippen LogP contribution in [0.4, 0.5) is 0 Å². The molecule has 0 aromatic heterocycles. The smallest absolute Gasteiger partial charge is 0.0392 e. The van der Waals surface area contributed by atoms with E-state index in [4.69, 9.17) is 11.6 Å². The van der Waals surface area contributed by atoms with Crippen LogP contribution in [0.3, 0.4) is 0 Å². The maximum atomic E-state index is 6.10. The van der Waals surface area contributed by atoms with E-state index in [2.05, 4.69) is 82.9 Å². The quantitative estimate of drug-likeness (QED) is 0.347. The fraction of sp³-hybridized carbons (Fsp3) is 0.531. The van der Waals surface area contributed by atoms with Gasteiger partial charge >= 0.3 is 0 Å². The van der Waals surface area contributed by atoms with Gasteiger partial charge in [0.25, 0.3) is 0 Å². The summed E-state index contributed by atoms with van der Waals surface area (Å²) < 4.78 is 0. The van der Waals surface area contributed by atoms with Gasteiger partial charge in [0, 0.05) is 23.7 Å². The normalized spacial score (nSPS) is 13.4. The van der Waals surface area contributed by atoms with Crippen molar-refractivity contribution in [2.24, 2.45) is 10.9 Å². The highest BCUT2D eigenvalue weighted by Crippen LogP contribution is 2.32. The minimum Gasteiger partial charge on any atom is -0.289 e. The molecule has 1 atom stereocenters. The van der Waals surface area contributed by atoms with E-state index < -0.39 is 0 Å². The Morgan fingerprint density at radius 2 is 1.62 bits per heavy atom. The molecule has 0 radical (unpaired) electrons. The van der Waals surface area contributed by atoms with E-state index in [1.165, 1.54) is 52.3 Å². The summed E-state index contributed by atoms with van der Waals surface area (Å²) in [5.74, 6) is 0.949. The molecule has 0 N–H and O–H groups in total. The van der Waals surface area contributed by atoms with Gasteiger partial charge in [-0.2, -0.15) is 0 Å². The Morgan fingerprint density at radius 1 is 0.941 bits per heavy atom. The van der Waals surface area contributed by atoms with E-state index in [9.17, 15) is 0 Å². The van der Waals surface area contributed by atoms with E-state index >= 15 is 0 Å². The molecule has 1 aliphatic carbocycles. The Labute approximate surface area is 216 Å². The van der Waals surface area contributed by atoms with Crippen LogP contribution in [-0.4, -0.2) is 12.3 Å². The Bertz CT molecular complexity index is 933. The van der Waals surface area contributed by atoms with Crippen LogP contribution in [0.1, 0.15) is 111 Å². The number of aliphatic imine (C=N–C) groups is 1. The van der Waals surface area contributed by atoms with Crippen LogP contribution in [0.5, 0.6) is 0 Å². The SMILES string of the molecule is CC.CC.CCCC(C)CC.CCCN=C(C)c1cc2cc(C3=CC=C(Cl)C3)ccc2cc1C. The number of nitrogens with zero attached hydrogens (tertiary/aromatic N) is 1.